The quantitative estimate of drug-likeness (QED) is 0.0376. The highest BCUT2D eigenvalue weighted by atomic mass is 16.6. The van der Waals surface area contributed by atoms with Gasteiger partial charge in [0.25, 0.3) is 0 Å². The maximum Gasteiger partial charge on any atom is 0.306 e. The van der Waals surface area contributed by atoms with E-state index in [0.29, 0.717) is 19.6 Å². The molecule has 0 aromatic carbocycles. The van der Waals surface area contributed by atoms with Gasteiger partial charge in [-0.3, -0.25) is 4.79 Å². The summed E-state index contributed by atoms with van der Waals surface area (Å²) in [7, 11) is 0. The van der Waals surface area contributed by atoms with E-state index < -0.39 is 6.10 Å². The number of unbranched alkanes of at least 4 members (excludes halogenated alkanes) is 32. The predicted molar refractivity (Wildman–Crippen MR) is 270 cm³/mol. The molecule has 0 aliphatic heterocycles. The lowest BCUT2D eigenvalue weighted by atomic mass is 10.0. The zero-order valence-corrected chi connectivity index (χ0v) is 40.9. The molecule has 0 aliphatic carbocycles. The molecular formula is C57H104O4. The van der Waals surface area contributed by atoms with Gasteiger partial charge in [0.2, 0.25) is 0 Å². The molecule has 356 valence electrons. The van der Waals surface area contributed by atoms with Crippen molar-refractivity contribution in [2.24, 2.45) is 0 Å². The van der Waals surface area contributed by atoms with Crippen molar-refractivity contribution in [2.45, 2.75) is 277 Å². The van der Waals surface area contributed by atoms with Gasteiger partial charge in [0, 0.05) is 13.0 Å². The number of aliphatic hydroxyl groups excluding tert-OH is 1. The topological polar surface area (TPSA) is 55.8 Å². The van der Waals surface area contributed by atoms with E-state index in [2.05, 4.69) is 74.6 Å². The van der Waals surface area contributed by atoms with Gasteiger partial charge in [-0.2, -0.15) is 0 Å². The third kappa shape index (κ3) is 52.3. The Labute approximate surface area is 381 Å². The standard InChI is InChI=1S/C57H104O4/c1-3-5-7-9-11-13-15-17-19-21-23-25-27-28-29-31-33-35-37-39-41-43-45-47-49-51-53-60-55-56(54-58)61-57(59)52-50-48-46-44-42-40-38-36-34-32-30-26-24-22-20-18-16-14-12-10-8-6-4-2/h15-18,21-24,30,32,56,58H,3-14,19-20,25-29,31,33-55H2,1-2H3/b17-15-,18-16-,23-21-,24-22-,32-30-. The van der Waals surface area contributed by atoms with Crippen molar-refractivity contribution in [1.29, 1.82) is 0 Å². The highest BCUT2D eigenvalue weighted by Gasteiger charge is 2.13. The molecule has 61 heavy (non-hydrogen) atoms. The number of hydrogen-bond acceptors (Lipinski definition) is 4. The molecule has 0 fully saturated rings. The Morgan fingerprint density at radius 2 is 0.689 bits per heavy atom. The molecule has 4 heteroatoms. The minimum atomic E-state index is -0.541. The Hall–Kier alpha value is -1.91. The number of hydrogen-bond donors (Lipinski definition) is 1. The van der Waals surface area contributed by atoms with Crippen molar-refractivity contribution < 1.29 is 19.4 Å². The van der Waals surface area contributed by atoms with Crippen molar-refractivity contribution in [3.8, 4) is 0 Å². The van der Waals surface area contributed by atoms with Crippen LogP contribution in [0.4, 0.5) is 0 Å². The summed E-state index contributed by atoms with van der Waals surface area (Å²) in [5.74, 6) is -0.206. The number of allylic oxidation sites excluding steroid dienone is 10. The summed E-state index contributed by atoms with van der Waals surface area (Å²) in [6, 6.07) is 0. The number of ether oxygens (including phenoxy) is 2. The second kappa shape index (κ2) is 54.2. The van der Waals surface area contributed by atoms with E-state index in [4.69, 9.17) is 9.47 Å². The molecule has 0 saturated carbocycles. The van der Waals surface area contributed by atoms with Crippen LogP contribution in [0.15, 0.2) is 60.8 Å². The zero-order valence-electron chi connectivity index (χ0n) is 40.9. The highest BCUT2D eigenvalue weighted by Crippen LogP contribution is 2.15. The summed E-state index contributed by atoms with van der Waals surface area (Å²) in [4.78, 5) is 12.3. The first-order valence-corrected chi connectivity index (χ1v) is 26.9. The van der Waals surface area contributed by atoms with E-state index in [0.717, 1.165) is 38.5 Å². The van der Waals surface area contributed by atoms with Crippen molar-refractivity contribution in [3.05, 3.63) is 60.8 Å². The van der Waals surface area contributed by atoms with Gasteiger partial charge in [0.1, 0.15) is 6.10 Å². The molecule has 1 atom stereocenters. The summed E-state index contributed by atoms with van der Waals surface area (Å²) in [6.45, 7) is 5.34. The molecule has 0 aromatic heterocycles. The number of carbonyl (C=O) groups is 1. The van der Waals surface area contributed by atoms with Crippen LogP contribution >= 0.6 is 0 Å². The van der Waals surface area contributed by atoms with Gasteiger partial charge in [-0.05, 0) is 83.5 Å². The van der Waals surface area contributed by atoms with Crippen LogP contribution in [0.2, 0.25) is 0 Å². The minimum absolute atomic E-state index is 0.175. The first-order valence-electron chi connectivity index (χ1n) is 26.9. The van der Waals surface area contributed by atoms with Crippen LogP contribution in [0, 0.1) is 0 Å². The molecule has 1 N–H and O–H groups in total. The Morgan fingerprint density at radius 1 is 0.393 bits per heavy atom. The minimum Gasteiger partial charge on any atom is -0.457 e. The van der Waals surface area contributed by atoms with Crippen molar-refractivity contribution in [2.75, 3.05) is 19.8 Å². The molecule has 0 spiro atoms. The maximum atomic E-state index is 12.3. The molecular weight excluding hydrogens is 749 g/mol. The van der Waals surface area contributed by atoms with Crippen molar-refractivity contribution in [3.63, 3.8) is 0 Å². The molecule has 0 bridgehead atoms. The Bertz CT molecular complexity index is 993. The van der Waals surface area contributed by atoms with Crippen LogP contribution in [-0.2, 0) is 14.3 Å². The molecule has 0 heterocycles. The van der Waals surface area contributed by atoms with Crippen LogP contribution < -0.4 is 0 Å². The summed E-state index contributed by atoms with van der Waals surface area (Å²) in [5, 5.41) is 9.66. The highest BCUT2D eigenvalue weighted by molar-refractivity contribution is 5.69. The van der Waals surface area contributed by atoms with E-state index in [9.17, 15) is 9.90 Å². The summed E-state index contributed by atoms with van der Waals surface area (Å²) in [5.41, 5.74) is 0. The molecule has 4 nitrogen and oxygen atoms in total. The van der Waals surface area contributed by atoms with Crippen LogP contribution in [0.5, 0.6) is 0 Å². The van der Waals surface area contributed by atoms with E-state index in [-0.39, 0.29) is 12.6 Å². The van der Waals surface area contributed by atoms with E-state index >= 15 is 0 Å². The van der Waals surface area contributed by atoms with E-state index in [1.54, 1.807) is 0 Å². The molecule has 0 aliphatic rings. The fourth-order valence-corrected chi connectivity index (χ4v) is 7.78. The van der Waals surface area contributed by atoms with E-state index in [1.807, 2.05) is 0 Å². The van der Waals surface area contributed by atoms with Gasteiger partial charge < -0.3 is 14.6 Å². The van der Waals surface area contributed by atoms with Crippen molar-refractivity contribution in [1.82, 2.24) is 0 Å². The average molecular weight is 853 g/mol. The zero-order chi connectivity index (χ0) is 44.0. The predicted octanol–water partition coefficient (Wildman–Crippen LogP) is 18.3. The lowest BCUT2D eigenvalue weighted by Gasteiger charge is -2.16. The fraction of sp³-hybridized carbons (Fsp3) is 0.807. The summed E-state index contributed by atoms with van der Waals surface area (Å²) < 4.78 is 11.2. The third-order valence-corrected chi connectivity index (χ3v) is 11.8. The van der Waals surface area contributed by atoms with Gasteiger partial charge >= 0.3 is 5.97 Å². The van der Waals surface area contributed by atoms with Crippen LogP contribution in [0.3, 0.4) is 0 Å². The van der Waals surface area contributed by atoms with Gasteiger partial charge in [0.15, 0.2) is 0 Å². The summed E-state index contributed by atoms with van der Waals surface area (Å²) >= 11 is 0. The van der Waals surface area contributed by atoms with Gasteiger partial charge in [0.05, 0.1) is 13.2 Å². The molecule has 0 radical (unpaired) electrons. The third-order valence-electron chi connectivity index (χ3n) is 11.8. The summed E-state index contributed by atoms with van der Waals surface area (Å²) in [6.07, 6.45) is 73.2. The second-order valence-electron chi connectivity index (χ2n) is 17.9. The maximum absolute atomic E-state index is 12.3. The molecule has 1 unspecified atom stereocenters. The van der Waals surface area contributed by atoms with E-state index in [1.165, 1.54) is 212 Å². The lowest BCUT2D eigenvalue weighted by molar-refractivity contribution is -0.154. The first kappa shape index (κ1) is 59.1. The molecule has 0 rings (SSSR count). The number of carbonyl (C=O) groups excluding carboxylic acids is 1. The molecule has 0 saturated heterocycles. The first-order chi connectivity index (χ1) is 30.2. The van der Waals surface area contributed by atoms with Crippen LogP contribution in [-0.4, -0.2) is 37.0 Å². The Balaban J connectivity index is 3.42. The average Bonchev–Trinajstić information content (AvgIpc) is 3.27. The number of esters is 1. The monoisotopic (exact) mass is 853 g/mol. The number of rotatable bonds is 50. The second-order valence-corrected chi connectivity index (χ2v) is 17.9. The molecule has 0 aromatic rings. The number of aliphatic hydroxyl groups is 1. The van der Waals surface area contributed by atoms with Gasteiger partial charge in [-0.25, -0.2) is 0 Å². The normalized spacial score (nSPS) is 12.8. The largest absolute Gasteiger partial charge is 0.457 e. The van der Waals surface area contributed by atoms with Gasteiger partial charge in [-0.1, -0.05) is 242 Å². The van der Waals surface area contributed by atoms with Crippen LogP contribution in [0.1, 0.15) is 271 Å². The Morgan fingerprint density at radius 3 is 1.03 bits per heavy atom. The lowest BCUT2D eigenvalue weighted by Crippen LogP contribution is -2.27. The smallest absolute Gasteiger partial charge is 0.306 e. The van der Waals surface area contributed by atoms with Crippen LogP contribution in [0.25, 0.3) is 0 Å². The fourth-order valence-electron chi connectivity index (χ4n) is 7.78. The van der Waals surface area contributed by atoms with Crippen molar-refractivity contribution >= 4 is 5.97 Å². The SMILES string of the molecule is CCCCCCC/C=C\C/C=C\C/C=C\CCCCCCCCCCC(=O)OC(CO)COCCCCCCCCCCCCCCCC/C=C\C/C=C\CCCCCCC. The Kier molecular flexibility index (Phi) is 52.5. The van der Waals surface area contributed by atoms with Gasteiger partial charge in [-0.15, -0.1) is 0 Å². The molecule has 0 amide bonds.